The van der Waals surface area contributed by atoms with Gasteiger partial charge >= 0.3 is 5.97 Å². The lowest BCUT2D eigenvalue weighted by Crippen LogP contribution is -2.41. The fourth-order valence-electron chi connectivity index (χ4n) is 8.13. The van der Waals surface area contributed by atoms with Gasteiger partial charge in [0.15, 0.2) is 17.0 Å². The largest absolute Gasteiger partial charge is 0.480 e. The molecule has 0 bridgehead atoms. The molecule has 6 aromatic rings. The Hall–Kier alpha value is -7.42. The Balaban J connectivity index is 0.694. The van der Waals surface area contributed by atoms with E-state index >= 15 is 0 Å². The summed E-state index contributed by atoms with van der Waals surface area (Å²) < 4.78 is 35.6. The first-order chi connectivity index (χ1) is 38.2. The number of imidazole rings is 1. The van der Waals surface area contributed by atoms with Crippen LogP contribution in [-0.4, -0.2) is 162 Å². The molecule has 3 amide bonds. The molecule has 0 spiro atoms. The van der Waals surface area contributed by atoms with Crippen molar-refractivity contribution in [2.24, 2.45) is 5.41 Å². The molecule has 0 saturated carbocycles. The van der Waals surface area contributed by atoms with Gasteiger partial charge in [-0.15, -0.1) is 0 Å². The van der Waals surface area contributed by atoms with Crippen molar-refractivity contribution in [1.29, 1.82) is 0 Å². The van der Waals surface area contributed by atoms with Crippen LogP contribution in [0.15, 0.2) is 59.5 Å². The van der Waals surface area contributed by atoms with Crippen LogP contribution in [0.4, 0.5) is 17.5 Å². The first-order valence-corrected chi connectivity index (χ1v) is 26.6. The number of rotatable bonds is 38. The number of unbranched alkanes of at least 4 members (excludes halogenated alkanes) is 1. The molecule has 0 radical (unpaired) electrons. The summed E-state index contributed by atoms with van der Waals surface area (Å²) in [6, 6.07) is 13.0. The van der Waals surface area contributed by atoms with E-state index in [1.807, 2.05) is 18.2 Å². The normalized spacial score (nSPS) is 12.0. The molecule has 25 heteroatoms. The number of aliphatic carboxylic acids is 1. The van der Waals surface area contributed by atoms with Gasteiger partial charge in [-0.2, -0.15) is 4.98 Å². The third-order valence-electron chi connectivity index (χ3n) is 12.3. The summed E-state index contributed by atoms with van der Waals surface area (Å²) >= 11 is 0. The van der Waals surface area contributed by atoms with E-state index < -0.39 is 23.5 Å². The van der Waals surface area contributed by atoms with E-state index in [0.717, 1.165) is 47.0 Å². The van der Waals surface area contributed by atoms with Crippen LogP contribution in [0.3, 0.4) is 0 Å². The third-order valence-corrected chi connectivity index (χ3v) is 12.3. The van der Waals surface area contributed by atoms with Crippen molar-refractivity contribution >= 4 is 74.2 Å². The predicted octanol–water partition coefficient (Wildman–Crippen LogP) is 3.53. The number of carboxylic acids is 1. The number of pyridine rings is 1. The molecule has 1 unspecified atom stereocenters. The number of benzene rings is 2. The summed E-state index contributed by atoms with van der Waals surface area (Å²) in [6.45, 7) is 12.7. The number of H-pyrrole nitrogens is 1. The van der Waals surface area contributed by atoms with Gasteiger partial charge in [-0.3, -0.25) is 24.2 Å². The van der Waals surface area contributed by atoms with Crippen molar-refractivity contribution < 1.29 is 52.7 Å². The standard InChI is InChI=1S/C54H75N13O12/c1-4-5-11-42-64-45-47(39-9-6-7-10-40(39)62-48(45)55)67(42)35-54(2,3)34-60-44(69)18-21-75-23-25-77-27-29-79-31-30-78-28-26-76-24-22-74-20-8-19-57-43(68)17-16-41(52(72)73)63-50(70)36-12-14-37(15-13-36)58-32-38-33-59-49-46(61-38)51(71)66-53(56)65-49/h6-7,9-10,12-15,33,41,58H,4-5,8,11,16-32,34-35H2,1-3H3,(H2,55,62)(H,57,68)(H,60,69)(H,63,70)(H,72,73)(H3,56,59,65,66,71). The first-order valence-electron chi connectivity index (χ1n) is 26.6. The highest BCUT2D eigenvalue weighted by Gasteiger charge is 2.26. The van der Waals surface area contributed by atoms with Gasteiger partial charge in [0.05, 0.1) is 102 Å². The molecule has 25 nitrogen and oxygen atoms in total. The number of aromatic nitrogens is 7. The third kappa shape index (κ3) is 20.1. The van der Waals surface area contributed by atoms with Crippen molar-refractivity contribution in [3.8, 4) is 0 Å². The summed E-state index contributed by atoms with van der Waals surface area (Å²) in [5.74, 6) is -0.948. The topological polar surface area (TPSA) is 346 Å². The molecule has 0 aliphatic rings. The van der Waals surface area contributed by atoms with Crippen LogP contribution in [0.1, 0.15) is 81.2 Å². The van der Waals surface area contributed by atoms with Gasteiger partial charge < -0.3 is 70.8 Å². The van der Waals surface area contributed by atoms with Crippen molar-refractivity contribution in [3.05, 3.63) is 82.2 Å². The van der Waals surface area contributed by atoms with Crippen molar-refractivity contribution in [2.75, 3.05) is 109 Å². The van der Waals surface area contributed by atoms with Gasteiger partial charge in [-0.25, -0.2) is 24.7 Å². The molecule has 79 heavy (non-hydrogen) atoms. The number of carboxylic acid groups (broad SMARTS) is 1. The Kier molecular flexibility index (Phi) is 24.5. The van der Waals surface area contributed by atoms with Crippen molar-refractivity contribution in [1.82, 2.24) is 50.4 Å². The molecule has 6 rings (SSSR count). The minimum atomic E-state index is -1.28. The monoisotopic (exact) mass is 1100 g/mol. The summed E-state index contributed by atoms with van der Waals surface area (Å²) in [5.41, 5.74) is 15.2. The molecule has 0 aliphatic heterocycles. The van der Waals surface area contributed by atoms with E-state index in [9.17, 15) is 29.1 Å². The van der Waals surface area contributed by atoms with Crippen LogP contribution in [-0.2, 0) is 62.3 Å². The Morgan fingerprint density at radius 2 is 1.38 bits per heavy atom. The summed E-state index contributed by atoms with van der Waals surface area (Å²) in [6.07, 6.45) is 4.94. The second kappa shape index (κ2) is 31.8. The number of nitrogens with two attached hydrogens (primary N) is 2. The van der Waals surface area contributed by atoms with Gasteiger partial charge in [-0.05, 0) is 49.6 Å². The van der Waals surface area contributed by atoms with Crippen LogP contribution >= 0.6 is 0 Å². The number of nitrogens with zero attached hydrogens (tertiary/aromatic N) is 6. The zero-order chi connectivity index (χ0) is 56.4. The van der Waals surface area contributed by atoms with Crippen molar-refractivity contribution in [2.45, 2.75) is 84.8 Å². The first kappa shape index (κ1) is 60.8. The predicted molar refractivity (Wildman–Crippen MR) is 296 cm³/mol. The number of para-hydroxylation sites is 1. The van der Waals surface area contributed by atoms with Crippen LogP contribution in [0.5, 0.6) is 0 Å². The Bertz CT molecular complexity index is 2970. The molecule has 1 atom stereocenters. The Morgan fingerprint density at radius 1 is 0.747 bits per heavy atom. The molecule has 0 saturated heterocycles. The van der Waals surface area contributed by atoms with E-state index in [1.165, 1.54) is 18.3 Å². The number of ether oxygens (including phenoxy) is 6. The maximum Gasteiger partial charge on any atom is 0.326 e. The number of aromatic amines is 1. The molecule has 428 valence electrons. The maximum absolute atomic E-state index is 12.8. The zero-order valence-electron chi connectivity index (χ0n) is 45.3. The van der Waals surface area contributed by atoms with Crippen LogP contribution in [0, 0.1) is 5.41 Å². The molecular weight excluding hydrogens is 1020 g/mol. The quantitative estimate of drug-likeness (QED) is 0.0257. The number of amides is 3. The van der Waals surface area contributed by atoms with E-state index in [-0.39, 0.29) is 72.3 Å². The van der Waals surface area contributed by atoms with Gasteiger partial charge in [-0.1, -0.05) is 45.4 Å². The highest BCUT2D eigenvalue weighted by molar-refractivity contribution is 6.06. The molecule has 10 N–H and O–H groups in total. The maximum atomic E-state index is 12.8. The molecule has 0 fully saturated rings. The Morgan fingerprint density at radius 3 is 2.04 bits per heavy atom. The molecule has 4 heterocycles. The van der Waals surface area contributed by atoms with E-state index in [0.29, 0.717) is 116 Å². The van der Waals surface area contributed by atoms with Crippen LogP contribution in [0.25, 0.3) is 33.1 Å². The Labute approximate surface area is 457 Å². The summed E-state index contributed by atoms with van der Waals surface area (Å²) in [5, 5.41) is 22.1. The van der Waals surface area contributed by atoms with E-state index in [4.69, 9.17) is 44.9 Å². The minimum absolute atomic E-state index is 0.0515. The average molecular weight is 1100 g/mol. The number of carbonyl (C=O) groups excluding carboxylic acids is 3. The summed E-state index contributed by atoms with van der Waals surface area (Å²) in [4.78, 5) is 86.2. The number of fused-ring (bicyclic) bond motifs is 4. The van der Waals surface area contributed by atoms with Gasteiger partial charge in [0.2, 0.25) is 17.8 Å². The minimum Gasteiger partial charge on any atom is -0.480 e. The number of hydrogen-bond donors (Lipinski definition) is 8. The fraction of sp³-hybridized carbons (Fsp3) is 0.519. The molecule has 4 aromatic heterocycles. The lowest BCUT2D eigenvalue weighted by Gasteiger charge is -2.27. The van der Waals surface area contributed by atoms with E-state index in [2.05, 4.69) is 77.6 Å². The van der Waals surface area contributed by atoms with Crippen LogP contribution in [0.2, 0.25) is 0 Å². The lowest BCUT2D eigenvalue weighted by atomic mass is 9.93. The smallest absolute Gasteiger partial charge is 0.326 e. The highest BCUT2D eigenvalue weighted by atomic mass is 16.6. The number of carbonyl (C=O) groups is 4. The van der Waals surface area contributed by atoms with Gasteiger partial charge in [0.1, 0.15) is 17.4 Å². The number of nitrogen functional groups attached to an aromatic ring is 2. The number of aryl methyl sites for hydroxylation is 1. The van der Waals surface area contributed by atoms with Gasteiger partial charge in [0.25, 0.3) is 11.5 Å². The van der Waals surface area contributed by atoms with Crippen molar-refractivity contribution in [3.63, 3.8) is 0 Å². The molecular formula is C54H75N13O12. The highest BCUT2D eigenvalue weighted by Crippen LogP contribution is 2.32. The van der Waals surface area contributed by atoms with Crippen LogP contribution < -0.4 is 38.3 Å². The second-order valence-electron chi connectivity index (χ2n) is 19.3. The average Bonchev–Trinajstić information content (AvgIpc) is 3.80. The number of anilines is 3. The molecule has 2 aromatic carbocycles. The van der Waals surface area contributed by atoms with E-state index in [1.54, 1.807) is 12.1 Å². The lowest BCUT2D eigenvalue weighted by molar-refractivity contribution is -0.139. The fourth-order valence-corrected chi connectivity index (χ4v) is 8.13. The molecule has 0 aliphatic carbocycles. The zero-order valence-corrected chi connectivity index (χ0v) is 45.3. The number of hydrogen-bond acceptors (Lipinski definition) is 19. The number of nitrogens with one attached hydrogen (secondary N) is 5. The SMILES string of the molecule is CCCCc1nc2c(N)nc3ccccc3c2n1CC(C)(C)CNC(=O)CCOCCOCCOCCOCCOCCOCCCNC(=O)CCC(NC(=O)c1ccc(NCc2cnc3nc(N)[nH]c(=O)c3n2)cc1)C(=O)O. The second-order valence-corrected chi connectivity index (χ2v) is 19.3. The summed E-state index contributed by atoms with van der Waals surface area (Å²) in [7, 11) is 0. The van der Waals surface area contributed by atoms with Gasteiger partial charge in [0, 0.05) is 67.6 Å².